The van der Waals surface area contributed by atoms with Gasteiger partial charge >= 0.3 is 0 Å². The van der Waals surface area contributed by atoms with Gasteiger partial charge in [-0.05, 0) is 47.3 Å². The molecule has 0 bridgehead atoms. The van der Waals surface area contributed by atoms with E-state index in [2.05, 4.69) is 15.9 Å². The Labute approximate surface area is 112 Å². The molecule has 0 spiro atoms. The molecular weight excluding hydrogens is 294 g/mol. The van der Waals surface area contributed by atoms with E-state index in [9.17, 15) is 0 Å². The van der Waals surface area contributed by atoms with Gasteiger partial charge in [-0.25, -0.2) is 0 Å². The molecule has 1 fully saturated rings. The highest BCUT2D eigenvalue weighted by molar-refractivity contribution is 9.10. The Morgan fingerprint density at radius 1 is 1.06 bits per heavy atom. The summed E-state index contributed by atoms with van der Waals surface area (Å²) in [5.41, 5.74) is 9.08. The summed E-state index contributed by atoms with van der Waals surface area (Å²) in [6, 6.07) is 3.93. The molecule has 0 radical (unpaired) electrons. The van der Waals surface area contributed by atoms with Crippen molar-refractivity contribution in [1.29, 1.82) is 0 Å². The summed E-state index contributed by atoms with van der Waals surface area (Å²) >= 11 is 3.59. The topological polar surface area (TPSA) is 52.3 Å². The van der Waals surface area contributed by atoms with Gasteiger partial charge in [-0.15, -0.1) is 0 Å². The summed E-state index contributed by atoms with van der Waals surface area (Å²) in [4.78, 5) is 0. The Balaban J connectivity index is 2.22. The molecule has 18 heavy (non-hydrogen) atoms. The minimum Gasteiger partial charge on any atom is -0.464 e. The predicted molar refractivity (Wildman–Crippen MR) is 73.4 cm³/mol. The molecular formula is C14H12BrNO2. The Morgan fingerprint density at radius 3 is 2.39 bits per heavy atom. The number of nitrogens with two attached hydrogens (primary N) is 1. The maximum Gasteiger partial charge on any atom is 0.149 e. The van der Waals surface area contributed by atoms with Crippen molar-refractivity contribution in [3.63, 3.8) is 0 Å². The van der Waals surface area contributed by atoms with Gasteiger partial charge in [0.05, 0.1) is 17.0 Å². The van der Waals surface area contributed by atoms with Crippen molar-refractivity contribution in [2.75, 3.05) is 0 Å². The Kier molecular flexibility index (Phi) is 2.01. The molecule has 0 amide bonds. The molecule has 2 heterocycles. The number of halogens is 1. The van der Waals surface area contributed by atoms with Gasteiger partial charge in [0, 0.05) is 21.9 Å². The van der Waals surface area contributed by atoms with Crippen molar-refractivity contribution in [3.05, 3.63) is 34.7 Å². The molecule has 2 aromatic heterocycles. The van der Waals surface area contributed by atoms with Gasteiger partial charge in [0.2, 0.25) is 0 Å². The second-order valence-electron chi connectivity index (χ2n) is 5.03. The highest BCUT2D eigenvalue weighted by Gasteiger charge is 2.39. The molecule has 0 saturated heterocycles. The van der Waals surface area contributed by atoms with E-state index in [1.807, 2.05) is 12.1 Å². The second kappa shape index (κ2) is 3.39. The first-order valence-electron chi connectivity index (χ1n) is 6.06. The average molecular weight is 306 g/mol. The van der Waals surface area contributed by atoms with Crippen LogP contribution < -0.4 is 5.73 Å². The van der Waals surface area contributed by atoms with Crippen LogP contribution in [0.3, 0.4) is 0 Å². The Morgan fingerprint density at radius 2 is 1.72 bits per heavy atom. The van der Waals surface area contributed by atoms with E-state index in [1.165, 1.54) is 6.42 Å². The van der Waals surface area contributed by atoms with Gasteiger partial charge in [-0.2, -0.15) is 0 Å². The standard InChI is InChI=1S/C14H12BrNO2/c15-11-9-3-7-17-12(9)10(14(16)4-1-5-14)8-2-6-18-13(8)11/h2-3,6-7H,1,4-5,16H2. The first-order chi connectivity index (χ1) is 8.71. The fourth-order valence-electron chi connectivity index (χ4n) is 2.90. The van der Waals surface area contributed by atoms with Crippen LogP contribution in [0, 0.1) is 0 Å². The largest absolute Gasteiger partial charge is 0.464 e. The first-order valence-corrected chi connectivity index (χ1v) is 6.85. The highest BCUT2D eigenvalue weighted by Crippen LogP contribution is 2.47. The van der Waals surface area contributed by atoms with E-state index >= 15 is 0 Å². The molecule has 3 nitrogen and oxygen atoms in total. The molecule has 1 aromatic carbocycles. The average Bonchev–Trinajstić information content (AvgIpc) is 2.94. The molecule has 1 aliphatic rings. The van der Waals surface area contributed by atoms with Gasteiger partial charge < -0.3 is 14.6 Å². The summed E-state index contributed by atoms with van der Waals surface area (Å²) < 4.78 is 12.2. The zero-order valence-corrected chi connectivity index (χ0v) is 11.3. The molecule has 4 rings (SSSR count). The van der Waals surface area contributed by atoms with Crippen LogP contribution in [0.1, 0.15) is 24.8 Å². The lowest BCUT2D eigenvalue weighted by Gasteiger charge is -2.38. The van der Waals surface area contributed by atoms with E-state index in [1.54, 1.807) is 12.5 Å². The maximum absolute atomic E-state index is 6.51. The lowest BCUT2D eigenvalue weighted by atomic mass is 9.71. The Hall–Kier alpha value is -1.26. The van der Waals surface area contributed by atoms with E-state index < -0.39 is 0 Å². The summed E-state index contributed by atoms with van der Waals surface area (Å²) in [5.74, 6) is 0. The first kappa shape index (κ1) is 10.6. The second-order valence-corrected chi connectivity index (χ2v) is 5.82. The van der Waals surface area contributed by atoms with Gasteiger partial charge in [0.15, 0.2) is 0 Å². The van der Waals surface area contributed by atoms with E-state index in [0.717, 1.165) is 44.8 Å². The molecule has 4 heteroatoms. The fourth-order valence-corrected chi connectivity index (χ4v) is 3.52. The predicted octanol–water partition coefficient (Wildman–Crippen LogP) is 4.28. The fraction of sp³-hybridized carbons (Fsp3) is 0.286. The van der Waals surface area contributed by atoms with Crippen molar-refractivity contribution < 1.29 is 8.83 Å². The SMILES string of the molecule is NC1(c2c3ccoc3c(Br)c3ccoc23)CCC1. The Bertz CT molecular complexity index is 700. The minimum atomic E-state index is -0.265. The van der Waals surface area contributed by atoms with Crippen LogP contribution in [0.15, 0.2) is 38.0 Å². The maximum atomic E-state index is 6.51. The molecule has 0 aliphatic heterocycles. The monoisotopic (exact) mass is 305 g/mol. The molecule has 1 saturated carbocycles. The van der Waals surface area contributed by atoms with Crippen molar-refractivity contribution in [2.24, 2.45) is 5.73 Å². The van der Waals surface area contributed by atoms with Crippen LogP contribution >= 0.6 is 15.9 Å². The van der Waals surface area contributed by atoms with Gasteiger partial charge in [0.25, 0.3) is 0 Å². The summed E-state index contributed by atoms with van der Waals surface area (Å²) in [6.07, 6.45) is 6.60. The number of hydrogen-bond acceptors (Lipinski definition) is 3. The number of fused-ring (bicyclic) bond motifs is 2. The van der Waals surface area contributed by atoms with Gasteiger partial charge in [-0.3, -0.25) is 0 Å². The quantitative estimate of drug-likeness (QED) is 0.730. The number of rotatable bonds is 1. The molecule has 3 aromatic rings. The highest BCUT2D eigenvalue weighted by atomic mass is 79.9. The zero-order valence-electron chi connectivity index (χ0n) is 9.70. The van der Waals surface area contributed by atoms with Crippen molar-refractivity contribution in [2.45, 2.75) is 24.8 Å². The molecule has 0 unspecified atom stereocenters. The van der Waals surface area contributed by atoms with Crippen LogP contribution in [0.2, 0.25) is 0 Å². The molecule has 2 N–H and O–H groups in total. The van der Waals surface area contributed by atoms with Crippen LogP contribution in [-0.2, 0) is 5.54 Å². The third-order valence-electron chi connectivity index (χ3n) is 4.01. The van der Waals surface area contributed by atoms with Crippen LogP contribution in [-0.4, -0.2) is 0 Å². The smallest absolute Gasteiger partial charge is 0.149 e. The third kappa shape index (κ3) is 1.17. The third-order valence-corrected chi connectivity index (χ3v) is 4.79. The number of hydrogen-bond donors (Lipinski definition) is 1. The van der Waals surface area contributed by atoms with Crippen molar-refractivity contribution in [1.82, 2.24) is 0 Å². The summed E-state index contributed by atoms with van der Waals surface area (Å²) in [7, 11) is 0. The van der Waals surface area contributed by atoms with E-state index in [-0.39, 0.29) is 5.54 Å². The lowest BCUT2D eigenvalue weighted by molar-refractivity contribution is 0.256. The van der Waals surface area contributed by atoms with Crippen LogP contribution in [0.4, 0.5) is 0 Å². The van der Waals surface area contributed by atoms with E-state index in [0.29, 0.717) is 0 Å². The molecule has 92 valence electrons. The number of benzene rings is 1. The molecule has 0 atom stereocenters. The van der Waals surface area contributed by atoms with Crippen molar-refractivity contribution in [3.8, 4) is 0 Å². The number of furan rings is 2. The van der Waals surface area contributed by atoms with Crippen LogP contribution in [0.5, 0.6) is 0 Å². The van der Waals surface area contributed by atoms with Crippen molar-refractivity contribution >= 4 is 37.9 Å². The zero-order chi connectivity index (χ0) is 12.3. The minimum absolute atomic E-state index is 0.265. The van der Waals surface area contributed by atoms with Crippen LogP contribution in [0.25, 0.3) is 21.9 Å². The van der Waals surface area contributed by atoms with E-state index in [4.69, 9.17) is 14.6 Å². The lowest BCUT2D eigenvalue weighted by Crippen LogP contribution is -2.43. The summed E-state index contributed by atoms with van der Waals surface area (Å²) in [5, 5.41) is 2.09. The van der Waals surface area contributed by atoms with Gasteiger partial charge in [-0.1, -0.05) is 0 Å². The molecule has 1 aliphatic carbocycles. The van der Waals surface area contributed by atoms with Gasteiger partial charge in [0.1, 0.15) is 11.2 Å². The normalized spacial score (nSPS) is 18.3. The summed E-state index contributed by atoms with van der Waals surface area (Å²) in [6.45, 7) is 0.